The Balaban J connectivity index is 1.72. The Morgan fingerprint density at radius 2 is 1.90 bits per heavy atom. The molecule has 1 fully saturated rings. The smallest absolute Gasteiger partial charge is 0.306 e. The maximum Gasteiger partial charge on any atom is 0.306 e. The normalized spacial score (nSPS) is 17.4. The second-order valence-corrected chi connectivity index (χ2v) is 6.48. The maximum atomic E-state index is 11.1. The summed E-state index contributed by atoms with van der Waals surface area (Å²) in [7, 11) is 1.44. The monoisotopic (exact) mass is 297 g/mol. The standard InChI is InChI=1S/C14H23N3O2S/c1-11-12(2)20-13(15-11)10-17-8-6-16(7-9-17)5-4-14(18)19-3/h4-10H2,1-3H3. The minimum absolute atomic E-state index is 0.124. The molecule has 0 spiro atoms. The van der Waals surface area contributed by atoms with Gasteiger partial charge in [0.05, 0.1) is 25.8 Å². The van der Waals surface area contributed by atoms with E-state index < -0.39 is 0 Å². The summed E-state index contributed by atoms with van der Waals surface area (Å²) in [5.41, 5.74) is 1.15. The van der Waals surface area contributed by atoms with Crippen LogP contribution < -0.4 is 0 Å². The van der Waals surface area contributed by atoms with Crippen LogP contribution >= 0.6 is 11.3 Å². The summed E-state index contributed by atoms with van der Waals surface area (Å²) in [4.78, 5) is 21.8. The van der Waals surface area contributed by atoms with E-state index in [1.807, 2.05) is 0 Å². The van der Waals surface area contributed by atoms with E-state index in [1.54, 1.807) is 11.3 Å². The van der Waals surface area contributed by atoms with E-state index in [0.717, 1.165) is 45.0 Å². The average molecular weight is 297 g/mol. The van der Waals surface area contributed by atoms with Crippen molar-refractivity contribution in [3.8, 4) is 0 Å². The average Bonchev–Trinajstić information content (AvgIpc) is 2.76. The molecule has 20 heavy (non-hydrogen) atoms. The van der Waals surface area contributed by atoms with Crippen molar-refractivity contribution in [2.75, 3.05) is 39.8 Å². The third-order valence-electron chi connectivity index (χ3n) is 3.76. The Kier molecular flexibility index (Phi) is 5.51. The molecule has 1 aliphatic heterocycles. The summed E-state index contributed by atoms with van der Waals surface area (Å²) in [6.45, 7) is 10.1. The minimum atomic E-state index is -0.124. The molecule has 0 bridgehead atoms. The molecule has 0 radical (unpaired) electrons. The lowest BCUT2D eigenvalue weighted by Crippen LogP contribution is -2.46. The van der Waals surface area contributed by atoms with Crippen LogP contribution in [-0.2, 0) is 16.1 Å². The van der Waals surface area contributed by atoms with Gasteiger partial charge in [0.15, 0.2) is 0 Å². The number of carbonyl (C=O) groups is 1. The Labute approximate surface area is 124 Å². The summed E-state index contributed by atoms with van der Waals surface area (Å²) in [6.07, 6.45) is 0.487. The molecule has 5 nitrogen and oxygen atoms in total. The number of nitrogens with zero attached hydrogens (tertiary/aromatic N) is 3. The van der Waals surface area contributed by atoms with E-state index in [9.17, 15) is 4.79 Å². The molecule has 0 atom stereocenters. The fourth-order valence-electron chi connectivity index (χ4n) is 2.32. The first-order valence-corrected chi connectivity index (χ1v) is 7.84. The van der Waals surface area contributed by atoms with Crippen molar-refractivity contribution in [3.05, 3.63) is 15.6 Å². The molecule has 1 aliphatic rings. The molecule has 1 aromatic heterocycles. The van der Waals surface area contributed by atoms with Gasteiger partial charge in [-0.05, 0) is 13.8 Å². The molecule has 6 heteroatoms. The number of rotatable bonds is 5. The lowest BCUT2D eigenvalue weighted by atomic mass is 10.3. The third kappa shape index (κ3) is 4.26. The lowest BCUT2D eigenvalue weighted by Gasteiger charge is -2.33. The van der Waals surface area contributed by atoms with Crippen LogP contribution in [0.25, 0.3) is 0 Å². The highest BCUT2D eigenvalue weighted by molar-refractivity contribution is 7.11. The van der Waals surface area contributed by atoms with E-state index in [1.165, 1.54) is 17.0 Å². The first-order valence-electron chi connectivity index (χ1n) is 7.03. The van der Waals surface area contributed by atoms with E-state index in [0.29, 0.717) is 6.42 Å². The van der Waals surface area contributed by atoms with Gasteiger partial charge in [0.25, 0.3) is 0 Å². The summed E-state index contributed by atoms with van der Waals surface area (Å²) in [5.74, 6) is -0.124. The molecule has 0 amide bonds. The van der Waals surface area contributed by atoms with Crippen LogP contribution in [0.3, 0.4) is 0 Å². The van der Waals surface area contributed by atoms with E-state index in [-0.39, 0.29) is 5.97 Å². The second-order valence-electron chi connectivity index (χ2n) is 5.19. The molecule has 2 heterocycles. The largest absolute Gasteiger partial charge is 0.469 e. The SMILES string of the molecule is COC(=O)CCN1CCN(Cc2nc(C)c(C)s2)CC1. The number of ether oxygens (including phenoxy) is 1. The van der Waals surface area contributed by atoms with Crippen molar-refractivity contribution < 1.29 is 9.53 Å². The topological polar surface area (TPSA) is 45.7 Å². The van der Waals surface area contributed by atoms with Crippen molar-refractivity contribution in [2.24, 2.45) is 0 Å². The highest BCUT2D eigenvalue weighted by Crippen LogP contribution is 2.18. The van der Waals surface area contributed by atoms with Gasteiger partial charge < -0.3 is 9.64 Å². The molecule has 0 unspecified atom stereocenters. The Morgan fingerprint density at radius 1 is 1.25 bits per heavy atom. The van der Waals surface area contributed by atoms with E-state index in [4.69, 9.17) is 0 Å². The molecule has 112 valence electrons. The zero-order valence-electron chi connectivity index (χ0n) is 12.5. The van der Waals surface area contributed by atoms with Gasteiger partial charge in [0, 0.05) is 37.6 Å². The summed E-state index contributed by atoms with van der Waals surface area (Å²) in [6, 6.07) is 0. The number of hydrogen-bond acceptors (Lipinski definition) is 6. The number of piperazine rings is 1. The highest BCUT2D eigenvalue weighted by atomic mass is 32.1. The Morgan fingerprint density at radius 3 is 2.45 bits per heavy atom. The number of methoxy groups -OCH3 is 1. The van der Waals surface area contributed by atoms with Gasteiger partial charge in [-0.25, -0.2) is 4.98 Å². The van der Waals surface area contributed by atoms with Gasteiger partial charge in [-0.1, -0.05) is 0 Å². The first-order chi connectivity index (χ1) is 9.58. The lowest BCUT2D eigenvalue weighted by molar-refractivity contribution is -0.141. The summed E-state index contributed by atoms with van der Waals surface area (Å²) >= 11 is 1.80. The molecular formula is C14H23N3O2S. The first kappa shape index (κ1) is 15.4. The van der Waals surface area contributed by atoms with Crippen molar-refractivity contribution >= 4 is 17.3 Å². The number of thiazole rings is 1. The molecule has 0 saturated carbocycles. The van der Waals surface area contributed by atoms with Crippen LogP contribution in [0.4, 0.5) is 0 Å². The Bertz CT molecular complexity index is 434. The third-order valence-corrected chi connectivity index (χ3v) is 4.81. The van der Waals surface area contributed by atoms with Crippen LogP contribution in [0.5, 0.6) is 0 Å². The van der Waals surface area contributed by atoms with Gasteiger partial charge in [0.1, 0.15) is 5.01 Å². The van der Waals surface area contributed by atoms with Crippen molar-refractivity contribution in [2.45, 2.75) is 26.8 Å². The fraction of sp³-hybridized carbons (Fsp3) is 0.714. The molecular weight excluding hydrogens is 274 g/mol. The van der Waals surface area contributed by atoms with Crippen LogP contribution in [0, 0.1) is 13.8 Å². The van der Waals surface area contributed by atoms with Crippen molar-refractivity contribution in [3.63, 3.8) is 0 Å². The predicted molar refractivity (Wildman–Crippen MR) is 79.9 cm³/mol. The predicted octanol–water partition coefficient (Wildman–Crippen LogP) is 1.44. The zero-order valence-corrected chi connectivity index (χ0v) is 13.3. The van der Waals surface area contributed by atoms with Gasteiger partial charge in [-0.15, -0.1) is 11.3 Å². The molecule has 0 N–H and O–H groups in total. The van der Waals surface area contributed by atoms with Crippen molar-refractivity contribution in [1.29, 1.82) is 0 Å². The Hall–Kier alpha value is -0.980. The van der Waals surface area contributed by atoms with Gasteiger partial charge in [-0.3, -0.25) is 9.69 Å². The molecule has 1 saturated heterocycles. The van der Waals surface area contributed by atoms with Gasteiger partial charge in [0.2, 0.25) is 0 Å². The van der Waals surface area contributed by atoms with E-state index >= 15 is 0 Å². The molecule has 0 aliphatic carbocycles. The minimum Gasteiger partial charge on any atom is -0.469 e. The van der Waals surface area contributed by atoms with E-state index in [2.05, 4.69) is 33.4 Å². The molecule has 0 aromatic carbocycles. The van der Waals surface area contributed by atoms with Crippen LogP contribution in [0.2, 0.25) is 0 Å². The maximum absolute atomic E-state index is 11.1. The molecule has 1 aromatic rings. The number of carbonyl (C=O) groups excluding carboxylic acids is 1. The second kappa shape index (κ2) is 7.15. The zero-order chi connectivity index (χ0) is 14.5. The summed E-state index contributed by atoms with van der Waals surface area (Å²) in [5, 5.41) is 1.21. The molecule has 2 rings (SSSR count). The number of esters is 1. The van der Waals surface area contributed by atoms with Gasteiger partial charge in [-0.2, -0.15) is 0 Å². The number of aryl methyl sites for hydroxylation is 2. The van der Waals surface area contributed by atoms with Crippen LogP contribution in [0.1, 0.15) is 22.0 Å². The van der Waals surface area contributed by atoms with Crippen molar-refractivity contribution in [1.82, 2.24) is 14.8 Å². The highest BCUT2D eigenvalue weighted by Gasteiger charge is 2.18. The van der Waals surface area contributed by atoms with Crippen LogP contribution in [-0.4, -0.2) is 60.6 Å². The summed E-state index contributed by atoms with van der Waals surface area (Å²) < 4.78 is 4.67. The quantitative estimate of drug-likeness (QED) is 0.770. The number of aromatic nitrogens is 1. The van der Waals surface area contributed by atoms with Gasteiger partial charge >= 0.3 is 5.97 Å². The number of hydrogen-bond donors (Lipinski definition) is 0. The fourth-order valence-corrected chi connectivity index (χ4v) is 3.30. The van der Waals surface area contributed by atoms with Crippen LogP contribution in [0.15, 0.2) is 0 Å².